The van der Waals surface area contributed by atoms with E-state index in [4.69, 9.17) is 0 Å². The fourth-order valence-electron chi connectivity index (χ4n) is 3.12. The van der Waals surface area contributed by atoms with E-state index in [0.29, 0.717) is 0 Å². The Morgan fingerprint density at radius 3 is 2.54 bits per heavy atom. The van der Waals surface area contributed by atoms with E-state index in [1.807, 2.05) is 73.1 Å². The molecule has 28 heavy (non-hydrogen) atoms. The van der Waals surface area contributed by atoms with Crippen molar-refractivity contribution in [1.29, 1.82) is 0 Å². The fourth-order valence-corrected chi connectivity index (χ4v) is 3.12. The van der Waals surface area contributed by atoms with Gasteiger partial charge >= 0.3 is 6.03 Å². The predicted molar refractivity (Wildman–Crippen MR) is 114 cm³/mol. The summed E-state index contributed by atoms with van der Waals surface area (Å²) in [7, 11) is 0. The molecule has 2 amide bonds. The number of rotatable bonds is 3. The van der Waals surface area contributed by atoms with Gasteiger partial charge in [-0.2, -0.15) is 0 Å². The first-order chi connectivity index (χ1) is 13.5. The molecule has 0 saturated heterocycles. The van der Waals surface area contributed by atoms with Gasteiger partial charge in [0.1, 0.15) is 5.65 Å². The lowest BCUT2D eigenvalue weighted by Crippen LogP contribution is -2.20. The number of carbonyl (C=O) groups is 1. The van der Waals surface area contributed by atoms with Crippen LogP contribution in [-0.4, -0.2) is 15.4 Å². The van der Waals surface area contributed by atoms with Crippen LogP contribution < -0.4 is 10.6 Å². The van der Waals surface area contributed by atoms with Crippen LogP contribution in [0, 0.1) is 20.8 Å². The molecule has 2 heterocycles. The number of hydrogen-bond donors (Lipinski definition) is 2. The van der Waals surface area contributed by atoms with E-state index in [1.54, 1.807) is 0 Å². The molecule has 0 aliphatic rings. The number of aryl methyl sites for hydroxylation is 2. The molecule has 140 valence electrons. The zero-order valence-electron chi connectivity index (χ0n) is 16.2. The average molecular weight is 370 g/mol. The summed E-state index contributed by atoms with van der Waals surface area (Å²) in [5.41, 5.74) is 7.75. The van der Waals surface area contributed by atoms with Crippen LogP contribution in [0.1, 0.15) is 16.7 Å². The van der Waals surface area contributed by atoms with Crippen molar-refractivity contribution in [3.63, 3.8) is 0 Å². The molecule has 2 aromatic heterocycles. The summed E-state index contributed by atoms with van der Waals surface area (Å²) in [6.07, 6.45) is 4.01. The monoisotopic (exact) mass is 370 g/mol. The van der Waals surface area contributed by atoms with Crippen LogP contribution in [0.4, 0.5) is 16.2 Å². The van der Waals surface area contributed by atoms with Gasteiger partial charge in [0, 0.05) is 29.3 Å². The number of fused-ring (bicyclic) bond motifs is 1. The second kappa shape index (κ2) is 7.19. The molecule has 0 unspecified atom stereocenters. The first-order valence-electron chi connectivity index (χ1n) is 9.19. The van der Waals surface area contributed by atoms with Crippen molar-refractivity contribution < 1.29 is 4.79 Å². The van der Waals surface area contributed by atoms with Gasteiger partial charge < -0.3 is 15.0 Å². The number of urea groups is 1. The highest BCUT2D eigenvalue weighted by Crippen LogP contribution is 2.22. The Morgan fingerprint density at radius 1 is 0.964 bits per heavy atom. The highest BCUT2D eigenvalue weighted by Gasteiger charge is 2.08. The summed E-state index contributed by atoms with van der Waals surface area (Å²) in [5, 5.41) is 5.78. The van der Waals surface area contributed by atoms with Crippen molar-refractivity contribution in [2.75, 3.05) is 10.6 Å². The molecule has 0 aliphatic carbocycles. The van der Waals surface area contributed by atoms with Crippen LogP contribution in [0.2, 0.25) is 0 Å². The van der Waals surface area contributed by atoms with Gasteiger partial charge in [-0.25, -0.2) is 9.78 Å². The predicted octanol–water partition coefficient (Wildman–Crippen LogP) is 5.57. The van der Waals surface area contributed by atoms with Crippen LogP contribution in [0.5, 0.6) is 0 Å². The Kier molecular flexibility index (Phi) is 4.57. The van der Waals surface area contributed by atoms with Crippen LogP contribution in [0.15, 0.2) is 67.0 Å². The van der Waals surface area contributed by atoms with E-state index in [-0.39, 0.29) is 6.03 Å². The van der Waals surface area contributed by atoms with Gasteiger partial charge in [-0.3, -0.25) is 0 Å². The Hall–Kier alpha value is -3.60. The maximum Gasteiger partial charge on any atom is 0.323 e. The van der Waals surface area contributed by atoms with Crippen molar-refractivity contribution in [1.82, 2.24) is 9.38 Å². The van der Waals surface area contributed by atoms with Crippen LogP contribution >= 0.6 is 0 Å². The minimum absolute atomic E-state index is 0.260. The number of amides is 2. The summed E-state index contributed by atoms with van der Waals surface area (Å²) in [6, 6.07) is 17.4. The van der Waals surface area contributed by atoms with Crippen LogP contribution in [0.25, 0.3) is 16.9 Å². The molecule has 2 aromatic carbocycles. The number of imidazole rings is 1. The van der Waals surface area contributed by atoms with Crippen LogP contribution in [-0.2, 0) is 0 Å². The second-order valence-corrected chi connectivity index (χ2v) is 7.00. The lowest BCUT2D eigenvalue weighted by Gasteiger charge is -2.11. The summed E-state index contributed by atoms with van der Waals surface area (Å²) < 4.78 is 2.01. The first kappa shape index (κ1) is 17.8. The molecule has 4 rings (SSSR count). The van der Waals surface area contributed by atoms with Crippen molar-refractivity contribution in [2.45, 2.75) is 20.8 Å². The van der Waals surface area contributed by atoms with Gasteiger partial charge in [0.2, 0.25) is 0 Å². The van der Waals surface area contributed by atoms with E-state index in [9.17, 15) is 4.79 Å². The number of nitrogens with one attached hydrogen (secondary N) is 2. The van der Waals surface area contributed by atoms with E-state index < -0.39 is 0 Å². The average Bonchev–Trinajstić information content (AvgIpc) is 3.09. The molecule has 5 nitrogen and oxygen atoms in total. The molecule has 0 bridgehead atoms. The maximum atomic E-state index is 12.3. The van der Waals surface area contributed by atoms with Crippen LogP contribution in [0.3, 0.4) is 0 Å². The minimum atomic E-state index is -0.260. The van der Waals surface area contributed by atoms with Gasteiger partial charge in [0.05, 0.1) is 5.69 Å². The number of anilines is 2. The highest BCUT2D eigenvalue weighted by atomic mass is 16.2. The fraction of sp³-hybridized carbons (Fsp3) is 0.130. The Bertz CT molecular complexity index is 1160. The topological polar surface area (TPSA) is 58.4 Å². The lowest BCUT2D eigenvalue weighted by atomic mass is 10.1. The largest absolute Gasteiger partial charge is 0.323 e. The quantitative estimate of drug-likeness (QED) is 0.495. The van der Waals surface area contributed by atoms with Crippen molar-refractivity contribution in [3.05, 3.63) is 83.7 Å². The van der Waals surface area contributed by atoms with Gasteiger partial charge in [0.15, 0.2) is 0 Å². The third-order valence-electron chi connectivity index (χ3n) is 4.91. The second-order valence-electron chi connectivity index (χ2n) is 7.00. The van der Waals surface area contributed by atoms with Gasteiger partial charge in [-0.15, -0.1) is 0 Å². The zero-order chi connectivity index (χ0) is 19.7. The standard InChI is InChI=1S/C23H22N4O/c1-15-11-12-27-14-21(25-22(27)13-15)18-7-9-19(10-8-18)24-23(28)26-20-6-4-5-16(2)17(20)3/h4-14H,1-3H3,(H2,24,26,28). The molecule has 0 atom stereocenters. The SMILES string of the molecule is Cc1ccn2cc(-c3ccc(NC(=O)Nc4cccc(C)c4C)cc3)nc2c1. The van der Waals surface area contributed by atoms with Crippen molar-refractivity contribution >= 4 is 23.1 Å². The molecule has 4 aromatic rings. The normalized spacial score (nSPS) is 10.8. The third-order valence-corrected chi connectivity index (χ3v) is 4.91. The minimum Gasteiger partial charge on any atom is -0.308 e. The molecular weight excluding hydrogens is 348 g/mol. The summed E-state index contributed by atoms with van der Waals surface area (Å²) in [6.45, 7) is 6.08. The summed E-state index contributed by atoms with van der Waals surface area (Å²) in [5.74, 6) is 0. The molecule has 0 spiro atoms. The van der Waals surface area contributed by atoms with E-state index in [2.05, 4.69) is 34.7 Å². The molecular formula is C23H22N4O. The number of pyridine rings is 1. The first-order valence-corrected chi connectivity index (χ1v) is 9.19. The maximum absolute atomic E-state index is 12.3. The van der Waals surface area contributed by atoms with E-state index >= 15 is 0 Å². The molecule has 2 N–H and O–H groups in total. The third kappa shape index (κ3) is 3.60. The number of aromatic nitrogens is 2. The summed E-state index contributed by atoms with van der Waals surface area (Å²) >= 11 is 0. The number of hydrogen-bond acceptors (Lipinski definition) is 2. The van der Waals surface area contributed by atoms with E-state index in [0.717, 1.165) is 39.4 Å². The highest BCUT2D eigenvalue weighted by molar-refractivity contribution is 6.00. The van der Waals surface area contributed by atoms with E-state index in [1.165, 1.54) is 5.56 Å². The van der Waals surface area contributed by atoms with Crippen molar-refractivity contribution in [3.8, 4) is 11.3 Å². The number of nitrogens with zero attached hydrogens (tertiary/aromatic N) is 2. The summed E-state index contributed by atoms with van der Waals surface area (Å²) in [4.78, 5) is 17.0. The lowest BCUT2D eigenvalue weighted by molar-refractivity contribution is 0.262. The molecule has 5 heteroatoms. The van der Waals surface area contributed by atoms with Gasteiger partial charge in [-0.05, 0) is 67.8 Å². The Morgan fingerprint density at radius 2 is 1.75 bits per heavy atom. The molecule has 0 fully saturated rings. The smallest absolute Gasteiger partial charge is 0.308 e. The number of carbonyl (C=O) groups excluding carboxylic acids is 1. The Balaban J connectivity index is 1.48. The Labute approximate surface area is 164 Å². The molecule has 0 radical (unpaired) electrons. The molecule has 0 aliphatic heterocycles. The number of benzene rings is 2. The van der Waals surface area contributed by atoms with Crippen molar-refractivity contribution in [2.24, 2.45) is 0 Å². The van der Waals surface area contributed by atoms with Gasteiger partial charge in [0.25, 0.3) is 0 Å². The molecule has 0 saturated carbocycles. The van der Waals surface area contributed by atoms with Gasteiger partial charge in [-0.1, -0.05) is 24.3 Å². The zero-order valence-corrected chi connectivity index (χ0v) is 16.2.